The van der Waals surface area contributed by atoms with Crippen LogP contribution in [0.15, 0.2) is 85.1 Å². The number of methoxy groups -OCH3 is 2. The van der Waals surface area contributed by atoms with Gasteiger partial charge < -0.3 is 19.5 Å². The van der Waals surface area contributed by atoms with E-state index in [-0.39, 0.29) is 6.61 Å². The minimum absolute atomic E-state index is 0.248. The van der Waals surface area contributed by atoms with Gasteiger partial charge in [0.15, 0.2) is 0 Å². The summed E-state index contributed by atoms with van der Waals surface area (Å²) in [5.74, 6) is 1.95. The maximum Gasteiger partial charge on any atom is 0.130 e. The predicted molar refractivity (Wildman–Crippen MR) is 140 cm³/mol. The maximum atomic E-state index is 9.88. The molecule has 0 bridgehead atoms. The summed E-state index contributed by atoms with van der Waals surface area (Å²) in [5, 5.41) is 13.3. The van der Waals surface area contributed by atoms with Crippen LogP contribution >= 0.6 is 0 Å². The number of nitriles is 1. The number of hydrogen-bond donors (Lipinski definition) is 1. The van der Waals surface area contributed by atoms with E-state index >= 15 is 0 Å². The zero-order valence-corrected chi connectivity index (χ0v) is 20.5. The summed E-state index contributed by atoms with van der Waals surface area (Å²) >= 11 is 0. The average molecular weight is 480 g/mol. The van der Waals surface area contributed by atoms with Crippen LogP contribution in [0.25, 0.3) is 11.1 Å². The Balaban J connectivity index is 1.47. The number of aromatic nitrogens is 1. The topological polar surface area (TPSA) is 76.4 Å². The van der Waals surface area contributed by atoms with Crippen LogP contribution < -0.4 is 19.5 Å². The third-order valence-corrected chi connectivity index (χ3v) is 5.91. The Bertz CT molecular complexity index is 1290. The Kier molecular flexibility index (Phi) is 8.53. The molecule has 1 aromatic heterocycles. The highest BCUT2D eigenvalue weighted by atomic mass is 16.5. The molecule has 0 aliphatic heterocycles. The van der Waals surface area contributed by atoms with Crippen molar-refractivity contribution in [3.63, 3.8) is 0 Å². The predicted octanol–water partition coefficient (Wildman–Crippen LogP) is 5.55. The molecule has 6 heteroatoms. The minimum Gasteiger partial charge on any atom is -0.496 e. The molecule has 182 valence electrons. The van der Waals surface area contributed by atoms with Crippen molar-refractivity contribution in [2.45, 2.75) is 19.6 Å². The lowest BCUT2D eigenvalue weighted by molar-refractivity contribution is 0.299. The summed E-state index contributed by atoms with van der Waals surface area (Å²) < 4.78 is 17.4. The number of benzene rings is 3. The molecule has 0 aliphatic rings. The molecule has 4 rings (SSSR count). The molecule has 3 aromatic carbocycles. The van der Waals surface area contributed by atoms with Crippen molar-refractivity contribution in [2.75, 3.05) is 20.8 Å². The molecule has 0 fully saturated rings. The largest absolute Gasteiger partial charge is 0.496 e. The van der Waals surface area contributed by atoms with Crippen LogP contribution in [-0.4, -0.2) is 25.7 Å². The van der Waals surface area contributed by atoms with Crippen LogP contribution in [0.1, 0.15) is 22.4 Å². The molecule has 4 aromatic rings. The molecule has 0 aliphatic carbocycles. The first-order valence-corrected chi connectivity index (χ1v) is 11.8. The zero-order chi connectivity index (χ0) is 25.2. The second kappa shape index (κ2) is 12.4. The number of pyridine rings is 1. The molecule has 0 amide bonds. The Labute approximate surface area is 212 Å². The third kappa shape index (κ3) is 6.01. The lowest BCUT2D eigenvalue weighted by atomic mass is 9.96. The van der Waals surface area contributed by atoms with E-state index in [0.717, 1.165) is 40.9 Å². The van der Waals surface area contributed by atoms with Crippen molar-refractivity contribution in [2.24, 2.45) is 0 Å². The summed E-state index contributed by atoms with van der Waals surface area (Å²) in [4.78, 5) is 4.36. The SMILES string of the molecule is COc1cc(OCc2cccc(-c3ccccc3)c2C#N)cc(OC)c1CNCCc1ccccn1. The molecule has 6 nitrogen and oxygen atoms in total. The van der Waals surface area contributed by atoms with E-state index in [9.17, 15) is 5.26 Å². The second-order valence-corrected chi connectivity index (χ2v) is 8.16. The van der Waals surface area contributed by atoms with E-state index in [1.807, 2.05) is 78.9 Å². The van der Waals surface area contributed by atoms with E-state index < -0.39 is 0 Å². The summed E-state index contributed by atoms with van der Waals surface area (Å²) in [6.07, 6.45) is 2.63. The zero-order valence-electron chi connectivity index (χ0n) is 20.5. The molecule has 0 atom stereocenters. The molecular formula is C30H29N3O3. The van der Waals surface area contributed by atoms with Crippen molar-refractivity contribution in [1.29, 1.82) is 5.26 Å². The van der Waals surface area contributed by atoms with Gasteiger partial charge >= 0.3 is 0 Å². The molecule has 0 unspecified atom stereocenters. The van der Waals surface area contributed by atoms with E-state index in [2.05, 4.69) is 16.4 Å². The normalized spacial score (nSPS) is 10.5. The van der Waals surface area contributed by atoms with Crippen LogP contribution in [0.5, 0.6) is 17.2 Å². The van der Waals surface area contributed by atoms with Crippen LogP contribution in [-0.2, 0) is 19.6 Å². The average Bonchev–Trinajstić information content (AvgIpc) is 2.94. The highest BCUT2D eigenvalue weighted by molar-refractivity contribution is 5.72. The van der Waals surface area contributed by atoms with Gasteiger partial charge in [-0.05, 0) is 23.3 Å². The fourth-order valence-corrected chi connectivity index (χ4v) is 4.07. The van der Waals surface area contributed by atoms with Crippen molar-refractivity contribution in [3.05, 3.63) is 107 Å². The quantitative estimate of drug-likeness (QED) is 0.284. The number of rotatable bonds is 11. The number of hydrogen-bond acceptors (Lipinski definition) is 6. The minimum atomic E-state index is 0.248. The highest BCUT2D eigenvalue weighted by Gasteiger charge is 2.15. The Morgan fingerprint density at radius 2 is 1.64 bits per heavy atom. The first-order valence-electron chi connectivity index (χ1n) is 11.8. The van der Waals surface area contributed by atoms with E-state index in [1.165, 1.54) is 0 Å². The third-order valence-electron chi connectivity index (χ3n) is 5.91. The second-order valence-electron chi connectivity index (χ2n) is 8.16. The van der Waals surface area contributed by atoms with Gasteiger partial charge in [0.05, 0.1) is 25.3 Å². The molecule has 1 heterocycles. The smallest absolute Gasteiger partial charge is 0.130 e. The number of nitrogens with zero attached hydrogens (tertiary/aromatic N) is 2. The highest BCUT2D eigenvalue weighted by Crippen LogP contribution is 2.35. The van der Waals surface area contributed by atoms with Crippen LogP contribution in [0.4, 0.5) is 0 Å². The molecular weight excluding hydrogens is 450 g/mol. The Hall–Kier alpha value is -4.34. The van der Waals surface area contributed by atoms with Gasteiger partial charge in [0.1, 0.15) is 29.9 Å². The van der Waals surface area contributed by atoms with E-state index in [1.54, 1.807) is 20.4 Å². The van der Waals surface area contributed by atoms with Crippen LogP contribution in [0.2, 0.25) is 0 Å². The van der Waals surface area contributed by atoms with E-state index in [0.29, 0.717) is 29.4 Å². The van der Waals surface area contributed by atoms with Gasteiger partial charge in [-0.2, -0.15) is 5.26 Å². The van der Waals surface area contributed by atoms with Crippen molar-refractivity contribution < 1.29 is 14.2 Å². The van der Waals surface area contributed by atoms with Gasteiger partial charge in [-0.25, -0.2) is 0 Å². The van der Waals surface area contributed by atoms with Crippen molar-refractivity contribution in [1.82, 2.24) is 10.3 Å². The monoisotopic (exact) mass is 479 g/mol. The summed E-state index contributed by atoms with van der Waals surface area (Å²) in [7, 11) is 3.26. The van der Waals surface area contributed by atoms with Gasteiger partial charge in [0.25, 0.3) is 0 Å². The molecule has 0 saturated carbocycles. The van der Waals surface area contributed by atoms with Crippen molar-refractivity contribution in [3.8, 4) is 34.4 Å². The molecule has 1 N–H and O–H groups in total. The number of ether oxygens (including phenoxy) is 3. The van der Waals surface area contributed by atoms with Gasteiger partial charge in [-0.1, -0.05) is 54.6 Å². The van der Waals surface area contributed by atoms with Gasteiger partial charge in [0.2, 0.25) is 0 Å². The van der Waals surface area contributed by atoms with Gasteiger partial charge in [-0.15, -0.1) is 0 Å². The van der Waals surface area contributed by atoms with E-state index in [4.69, 9.17) is 14.2 Å². The molecule has 0 saturated heterocycles. The first-order chi connectivity index (χ1) is 17.7. The molecule has 0 spiro atoms. The molecule has 0 radical (unpaired) electrons. The standard InChI is InChI=1S/C30H29N3O3/c1-34-29-17-25(18-30(35-2)28(29)20-32-16-14-24-12-6-7-15-33-24)36-21-23-11-8-13-26(27(23)19-31)22-9-4-3-5-10-22/h3-13,15,17-18,32H,14,16,20-21H2,1-2H3. The Morgan fingerprint density at radius 1 is 0.889 bits per heavy atom. The van der Waals surface area contributed by atoms with Gasteiger partial charge in [-0.3, -0.25) is 4.98 Å². The van der Waals surface area contributed by atoms with Gasteiger partial charge in [0, 0.05) is 49.1 Å². The summed E-state index contributed by atoms with van der Waals surface area (Å²) in [6, 6.07) is 27.7. The Morgan fingerprint density at radius 3 is 2.31 bits per heavy atom. The fraction of sp³-hybridized carbons (Fsp3) is 0.200. The fourth-order valence-electron chi connectivity index (χ4n) is 4.07. The summed E-state index contributed by atoms with van der Waals surface area (Å²) in [5.41, 5.74) is 5.27. The van der Waals surface area contributed by atoms with Crippen LogP contribution in [0.3, 0.4) is 0 Å². The van der Waals surface area contributed by atoms with Crippen LogP contribution in [0, 0.1) is 11.3 Å². The molecule has 36 heavy (non-hydrogen) atoms. The lowest BCUT2D eigenvalue weighted by Crippen LogP contribution is -2.18. The van der Waals surface area contributed by atoms with Crippen molar-refractivity contribution >= 4 is 0 Å². The lowest BCUT2D eigenvalue weighted by Gasteiger charge is -2.17. The first kappa shape index (κ1) is 24.8. The number of nitrogens with one attached hydrogen (secondary N) is 1. The maximum absolute atomic E-state index is 9.88. The summed E-state index contributed by atoms with van der Waals surface area (Å²) in [6.45, 7) is 1.60.